The lowest BCUT2D eigenvalue weighted by Gasteiger charge is -2.09. The molecule has 0 aliphatic carbocycles. The molecule has 0 aromatic rings. The molecule has 0 radical (unpaired) electrons. The Morgan fingerprint density at radius 1 is 1.69 bits per heavy atom. The maximum atomic E-state index is 10.1. The van der Waals surface area contributed by atoms with Gasteiger partial charge < -0.3 is 15.2 Å². The van der Waals surface area contributed by atoms with Crippen LogP contribution in [0.3, 0.4) is 0 Å². The largest absolute Gasteiger partial charge is 0.478 e. The third kappa shape index (κ3) is 9.04. The number of carboxylic acid groups (broad SMARTS) is 1. The van der Waals surface area contributed by atoms with Gasteiger partial charge in [0.15, 0.2) is 0 Å². The van der Waals surface area contributed by atoms with Gasteiger partial charge in [-0.05, 0) is 5.92 Å². The molecule has 1 atom stereocenters. The highest BCUT2D eigenvalue weighted by molar-refractivity contribution is 5.79. The molecule has 0 amide bonds. The van der Waals surface area contributed by atoms with Gasteiger partial charge in [-0.3, -0.25) is 0 Å². The molecule has 0 heterocycles. The van der Waals surface area contributed by atoms with Gasteiger partial charge in [-0.2, -0.15) is 0 Å². The van der Waals surface area contributed by atoms with Crippen molar-refractivity contribution in [1.29, 1.82) is 0 Å². The molecule has 0 fully saturated rings. The Morgan fingerprint density at radius 2 is 2.38 bits per heavy atom. The van der Waals surface area contributed by atoms with Crippen LogP contribution in [0.1, 0.15) is 6.92 Å². The molecule has 1 unspecified atom stereocenters. The highest BCUT2D eigenvalue weighted by Crippen LogP contribution is 1.91. The number of ether oxygens (including phenoxy) is 1. The number of nitrogens with one attached hydrogen (secondary N) is 1. The Morgan fingerprint density at radius 3 is 2.92 bits per heavy atom. The van der Waals surface area contributed by atoms with Gasteiger partial charge in [0.1, 0.15) is 0 Å². The van der Waals surface area contributed by atoms with Crippen molar-refractivity contribution in [2.45, 2.75) is 6.92 Å². The number of rotatable bonds is 7. The second kappa shape index (κ2) is 7.76. The van der Waals surface area contributed by atoms with Gasteiger partial charge in [-0.1, -0.05) is 13.0 Å². The third-order valence-corrected chi connectivity index (χ3v) is 1.47. The zero-order valence-corrected chi connectivity index (χ0v) is 8.12. The fourth-order valence-corrected chi connectivity index (χ4v) is 0.916. The van der Waals surface area contributed by atoms with E-state index < -0.39 is 5.97 Å². The minimum atomic E-state index is -0.910. The van der Waals surface area contributed by atoms with Crippen LogP contribution in [0.2, 0.25) is 0 Å². The summed E-state index contributed by atoms with van der Waals surface area (Å²) in [5, 5.41) is 11.4. The maximum Gasteiger partial charge on any atom is 0.328 e. The van der Waals surface area contributed by atoms with Crippen LogP contribution >= 0.6 is 0 Å². The van der Waals surface area contributed by atoms with Crippen molar-refractivity contribution >= 4 is 5.97 Å². The van der Waals surface area contributed by atoms with E-state index in [1.807, 2.05) is 0 Å². The van der Waals surface area contributed by atoms with E-state index in [1.165, 1.54) is 0 Å². The number of methoxy groups -OCH3 is 1. The fraction of sp³-hybridized carbons (Fsp3) is 0.667. The van der Waals surface area contributed by atoms with Crippen LogP contribution in [0.25, 0.3) is 0 Å². The number of aliphatic carboxylic acids is 1. The number of hydrogen-bond acceptors (Lipinski definition) is 3. The molecular weight excluding hydrogens is 170 g/mol. The highest BCUT2D eigenvalue weighted by atomic mass is 16.5. The summed E-state index contributed by atoms with van der Waals surface area (Å²) in [7, 11) is 1.67. The summed E-state index contributed by atoms with van der Waals surface area (Å²) in [6.45, 7) is 4.20. The average molecular weight is 187 g/mol. The summed E-state index contributed by atoms with van der Waals surface area (Å²) in [6.07, 6.45) is 2.72. The highest BCUT2D eigenvalue weighted by Gasteiger charge is 1.98. The number of hydrogen-bond donors (Lipinski definition) is 2. The Balaban J connectivity index is 3.29. The molecule has 13 heavy (non-hydrogen) atoms. The number of carbonyl (C=O) groups is 1. The minimum Gasteiger partial charge on any atom is -0.478 e. The summed E-state index contributed by atoms with van der Waals surface area (Å²) in [5.41, 5.74) is 0. The molecule has 0 saturated carbocycles. The van der Waals surface area contributed by atoms with Gasteiger partial charge in [-0.25, -0.2) is 4.79 Å². The van der Waals surface area contributed by atoms with Crippen molar-refractivity contribution in [1.82, 2.24) is 5.32 Å². The van der Waals surface area contributed by atoms with Crippen LogP contribution in [-0.2, 0) is 9.53 Å². The van der Waals surface area contributed by atoms with E-state index in [2.05, 4.69) is 12.2 Å². The van der Waals surface area contributed by atoms with Gasteiger partial charge in [0.05, 0.1) is 0 Å². The zero-order chi connectivity index (χ0) is 10.1. The molecule has 0 aromatic heterocycles. The van der Waals surface area contributed by atoms with Gasteiger partial charge in [0.25, 0.3) is 0 Å². The van der Waals surface area contributed by atoms with E-state index in [4.69, 9.17) is 9.84 Å². The molecule has 0 aromatic carbocycles. The molecule has 2 N–H and O–H groups in total. The zero-order valence-electron chi connectivity index (χ0n) is 8.12. The van der Waals surface area contributed by atoms with Gasteiger partial charge in [0, 0.05) is 32.9 Å². The van der Waals surface area contributed by atoms with Crippen molar-refractivity contribution in [3.63, 3.8) is 0 Å². The van der Waals surface area contributed by atoms with E-state index in [1.54, 1.807) is 13.2 Å². The smallest absolute Gasteiger partial charge is 0.328 e. The molecular formula is C9H17NO3. The van der Waals surface area contributed by atoms with Crippen LogP contribution in [0, 0.1) is 5.92 Å². The Hall–Kier alpha value is -0.870. The van der Waals surface area contributed by atoms with Crippen molar-refractivity contribution in [3.8, 4) is 0 Å². The topological polar surface area (TPSA) is 58.6 Å². The summed E-state index contributed by atoms with van der Waals surface area (Å²) in [5.74, 6) is -0.463. The first-order valence-electron chi connectivity index (χ1n) is 4.26. The summed E-state index contributed by atoms with van der Waals surface area (Å²) < 4.78 is 4.95. The van der Waals surface area contributed by atoms with Crippen molar-refractivity contribution in [2.24, 2.45) is 5.92 Å². The molecule has 0 rings (SSSR count). The molecule has 4 nitrogen and oxygen atoms in total. The molecule has 0 aliphatic rings. The van der Waals surface area contributed by atoms with E-state index >= 15 is 0 Å². The van der Waals surface area contributed by atoms with Crippen molar-refractivity contribution < 1.29 is 14.6 Å². The summed E-state index contributed by atoms with van der Waals surface area (Å²) >= 11 is 0. The monoisotopic (exact) mass is 187 g/mol. The first-order chi connectivity index (χ1) is 6.16. The molecule has 0 spiro atoms. The molecule has 4 heteroatoms. The predicted octanol–water partition coefficient (Wildman–Crippen LogP) is 0.499. The first-order valence-corrected chi connectivity index (χ1v) is 4.26. The molecule has 0 aliphatic heterocycles. The van der Waals surface area contributed by atoms with Crippen LogP contribution < -0.4 is 5.32 Å². The van der Waals surface area contributed by atoms with E-state index in [0.717, 1.165) is 19.2 Å². The minimum absolute atomic E-state index is 0.447. The normalized spacial score (nSPS) is 13.4. The lowest BCUT2D eigenvalue weighted by Crippen LogP contribution is -2.23. The molecule has 76 valence electrons. The van der Waals surface area contributed by atoms with Crippen LogP contribution in [-0.4, -0.2) is 37.9 Å². The van der Waals surface area contributed by atoms with Crippen LogP contribution in [0.15, 0.2) is 12.2 Å². The predicted molar refractivity (Wildman–Crippen MR) is 50.7 cm³/mol. The second-order valence-electron chi connectivity index (χ2n) is 2.96. The average Bonchev–Trinajstić information content (AvgIpc) is 2.03. The maximum absolute atomic E-state index is 10.1. The fourth-order valence-electron chi connectivity index (χ4n) is 0.916. The van der Waals surface area contributed by atoms with Gasteiger partial charge in [-0.15, -0.1) is 0 Å². The Labute approximate surface area is 78.6 Å². The van der Waals surface area contributed by atoms with E-state index in [-0.39, 0.29) is 0 Å². The lowest BCUT2D eigenvalue weighted by molar-refractivity contribution is -0.131. The van der Waals surface area contributed by atoms with E-state index in [9.17, 15) is 4.79 Å². The summed E-state index contributed by atoms with van der Waals surface area (Å²) in [4.78, 5) is 10.1. The quantitative estimate of drug-likeness (QED) is 0.450. The van der Waals surface area contributed by atoms with Gasteiger partial charge in [0.2, 0.25) is 0 Å². The van der Waals surface area contributed by atoms with Gasteiger partial charge >= 0.3 is 5.97 Å². The van der Waals surface area contributed by atoms with Crippen molar-refractivity contribution in [2.75, 3.05) is 26.8 Å². The molecule has 0 bridgehead atoms. The standard InChI is InChI=1S/C9H17NO3/c1-8(7-13-2)6-10-5-3-4-9(11)12/h3-4,8,10H,5-7H2,1-2H3,(H,11,12)/b4-3+. The summed E-state index contributed by atoms with van der Waals surface area (Å²) in [6, 6.07) is 0. The van der Waals surface area contributed by atoms with Crippen LogP contribution in [0.5, 0.6) is 0 Å². The third-order valence-electron chi connectivity index (χ3n) is 1.47. The SMILES string of the molecule is COCC(C)CNC/C=C/C(=O)O. The Bertz CT molecular complexity index is 168. The van der Waals surface area contributed by atoms with E-state index in [0.29, 0.717) is 12.5 Å². The lowest BCUT2D eigenvalue weighted by atomic mass is 10.2. The Kier molecular flexibility index (Phi) is 7.24. The number of carboxylic acids is 1. The van der Waals surface area contributed by atoms with Crippen molar-refractivity contribution in [3.05, 3.63) is 12.2 Å². The van der Waals surface area contributed by atoms with Crippen LogP contribution in [0.4, 0.5) is 0 Å². The first kappa shape index (κ1) is 12.1. The molecule has 0 saturated heterocycles. The second-order valence-corrected chi connectivity index (χ2v) is 2.96.